The SMILES string of the molecule is Cn1ncc2c(-n3ccc(NC(=O)C4CC(C5CCCC5)C4)n3)ncnc21. The number of carbonyl (C=O) groups is 1. The second-order valence-electron chi connectivity index (χ2n) is 7.81. The van der Waals surface area contributed by atoms with E-state index >= 15 is 0 Å². The molecule has 2 aliphatic rings. The third-order valence-electron chi connectivity index (χ3n) is 6.18. The standard InChI is InChI=1S/C19H23N7O/c1-25-17-15(10-22-25)18(21-11-20-17)26-7-6-16(24-26)23-19(27)14-8-13(9-14)12-4-2-3-5-12/h6-7,10-14H,2-5,8-9H2,1H3,(H,23,24,27). The van der Waals surface area contributed by atoms with Crippen LogP contribution in [0.1, 0.15) is 38.5 Å². The zero-order valence-electron chi connectivity index (χ0n) is 15.4. The topological polar surface area (TPSA) is 90.5 Å². The highest BCUT2D eigenvalue weighted by molar-refractivity contribution is 5.92. The van der Waals surface area contributed by atoms with Crippen LogP contribution in [0.3, 0.4) is 0 Å². The minimum absolute atomic E-state index is 0.0868. The van der Waals surface area contributed by atoms with Crippen LogP contribution in [0.5, 0.6) is 0 Å². The molecule has 1 amide bonds. The fourth-order valence-electron chi connectivity index (χ4n) is 4.56. The number of aromatic nitrogens is 6. The van der Waals surface area contributed by atoms with E-state index in [0.717, 1.165) is 35.7 Å². The summed E-state index contributed by atoms with van der Waals surface area (Å²) in [5.41, 5.74) is 0.744. The highest BCUT2D eigenvalue weighted by atomic mass is 16.2. The van der Waals surface area contributed by atoms with E-state index in [9.17, 15) is 4.79 Å². The van der Waals surface area contributed by atoms with Crippen LogP contribution in [-0.2, 0) is 11.8 Å². The average Bonchev–Trinajstić information content (AvgIpc) is 3.36. The summed E-state index contributed by atoms with van der Waals surface area (Å²) in [5.74, 6) is 3.03. The minimum Gasteiger partial charge on any atom is -0.309 e. The lowest BCUT2D eigenvalue weighted by molar-refractivity contribution is -0.124. The Morgan fingerprint density at radius 1 is 1.19 bits per heavy atom. The molecular formula is C19H23N7O. The molecule has 0 atom stereocenters. The summed E-state index contributed by atoms with van der Waals surface area (Å²) in [6.07, 6.45) is 12.5. The monoisotopic (exact) mass is 365 g/mol. The van der Waals surface area contributed by atoms with Gasteiger partial charge in [-0.15, -0.1) is 5.10 Å². The molecule has 140 valence electrons. The highest BCUT2D eigenvalue weighted by Crippen LogP contribution is 2.45. The number of nitrogens with zero attached hydrogens (tertiary/aromatic N) is 6. The Morgan fingerprint density at radius 2 is 2.00 bits per heavy atom. The Morgan fingerprint density at radius 3 is 2.81 bits per heavy atom. The Kier molecular flexibility index (Phi) is 3.91. The largest absolute Gasteiger partial charge is 0.309 e. The number of rotatable bonds is 4. The van der Waals surface area contributed by atoms with Crippen LogP contribution < -0.4 is 5.32 Å². The molecule has 0 saturated heterocycles. The second-order valence-corrected chi connectivity index (χ2v) is 7.81. The van der Waals surface area contributed by atoms with E-state index < -0.39 is 0 Å². The smallest absolute Gasteiger partial charge is 0.228 e. The molecule has 0 aromatic carbocycles. The molecular weight excluding hydrogens is 342 g/mol. The molecule has 2 aliphatic carbocycles. The van der Waals surface area contributed by atoms with Crippen LogP contribution in [0.2, 0.25) is 0 Å². The van der Waals surface area contributed by atoms with Crippen LogP contribution >= 0.6 is 0 Å². The van der Waals surface area contributed by atoms with Crippen molar-refractivity contribution in [2.45, 2.75) is 38.5 Å². The summed E-state index contributed by atoms with van der Waals surface area (Å²) < 4.78 is 3.35. The molecule has 3 heterocycles. The van der Waals surface area contributed by atoms with E-state index in [-0.39, 0.29) is 11.8 Å². The summed E-state index contributed by atoms with van der Waals surface area (Å²) >= 11 is 0. The van der Waals surface area contributed by atoms with Gasteiger partial charge in [-0.1, -0.05) is 25.7 Å². The Hall–Kier alpha value is -2.77. The molecule has 1 N–H and O–H groups in total. The number of hydrogen-bond acceptors (Lipinski definition) is 5. The quantitative estimate of drug-likeness (QED) is 0.768. The highest BCUT2D eigenvalue weighted by Gasteiger charge is 2.39. The zero-order valence-corrected chi connectivity index (χ0v) is 15.4. The molecule has 2 fully saturated rings. The van der Waals surface area contributed by atoms with Crippen molar-refractivity contribution in [3.63, 3.8) is 0 Å². The van der Waals surface area contributed by atoms with Gasteiger partial charge in [0.2, 0.25) is 5.91 Å². The third-order valence-corrected chi connectivity index (χ3v) is 6.18. The normalized spacial score (nSPS) is 22.9. The van der Waals surface area contributed by atoms with Gasteiger partial charge in [-0.2, -0.15) is 5.10 Å². The third kappa shape index (κ3) is 2.89. The first kappa shape index (κ1) is 16.4. The Bertz CT molecular complexity index is 979. The Labute approximate surface area is 157 Å². The molecule has 3 aromatic heterocycles. The molecule has 3 aromatic rings. The van der Waals surface area contributed by atoms with Gasteiger partial charge < -0.3 is 5.32 Å². The van der Waals surface area contributed by atoms with Gasteiger partial charge in [0.25, 0.3) is 0 Å². The number of nitrogens with one attached hydrogen (secondary N) is 1. The lowest BCUT2D eigenvalue weighted by Crippen LogP contribution is -2.37. The van der Waals surface area contributed by atoms with Crippen molar-refractivity contribution in [3.05, 3.63) is 24.8 Å². The van der Waals surface area contributed by atoms with E-state index in [4.69, 9.17) is 0 Å². The lowest BCUT2D eigenvalue weighted by Gasteiger charge is -2.38. The fraction of sp³-hybridized carbons (Fsp3) is 0.526. The summed E-state index contributed by atoms with van der Waals surface area (Å²) in [4.78, 5) is 21.1. The zero-order chi connectivity index (χ0) is 18.4. The summed E-state index contributed by atoms with van der Waals surface area (Å²) in [5, 5.41) is 12.5. The van der Waals surface area contributed by atoms with Crippen LogP contribution in [0.25, 0.3) is 16.9 Å². The molecule has 0 radical (unpaired) electrons. The van der Waals surface area contributed by atoms with Crippen molar-refractivity contribution in [2.75, 3.05) is 5.32 Å². The number of aryl methyl sites for hydroxylation is 1. The van der Waals surface area contributed by atoms with Gasteiger partial charge in [0, 0.05) is 25.2 Å². The van der Waals surface area contributed by atoms with Gasteiger partial charge in [0.15, 0.2) is 17.3 Å². The van der Waals surface area contributed by atoms with Crippen LogP contribution in [0.15, 0.2) is 24.8 Å². The first-order valence-corrected chi connectivity index (χ1v) is 9.68. The molecule has 8 nitrogen and oxygen atoms in total. The van der Waals surface area contributed by atoms with Gasteiger partial charge in [-0.3, -0.25) is 9.48 Å². The average molecular weight is 365 g/mol. The van der Waals surface area contributed by atoms with Gasteiger partial charge in [0.1, 0.15) is 6.33 Å². The van der Waals surface area contributed by atoms with Gasteiger partial charge in [-0.05, 0) is 24.7 Å². The van der Waals surface area contributed by atoms with Crippen molar-refractivity contribution < 1.29 is 4.79 Å². The predicted octanol–water partition coefficient (Wildman–Crippen LogP) is 2.70. The molecule has 0 unspecified atom stereocenters. The van der Waals surface area contributed by atoms with Crippen molar-refractivity contribution in [3.8, 4) is 5.82 Å². The van der Waals surface area contributed by atoms with E-state index in [0.29, 0.717) is 11.6 Å². The number of carbonyl (C=O) groups excluding carboxylic acids is 1. The van der Waals surface area contributed by atoms with Gasteiger partial charge in [-0.25, -0.2) is 14.6 Å². The van der Waals surface area contributed by atoms with E-state index in [1.165, 1.54) is 32.0 Å². The van der Waals surface area contributed by atoms with Crippen LogP contribution in [0.4, 0.5) is 5.82 Å². The number of anilines is 1. The number of hydrogen-bond donors (Lipinski definition) is 1. The van der Waals surface area contributed by atoms with Crippen LogP contribution in [0, 0.1) is 17.8 Å². The predicted molar refractivity (Wildman–Crippen MR) is 100 cm³/mol. The number of fused-ring (bicyclic) bond motifs is 1. The van der Waals surface area contributed by atoms with Crippen molar-refractivity contribution in [1.82, 2.24) is 29.5 Å². The van der Waals surface area contributed by atoms with E-state index in [1.807, 2.05) is 7.05 Å². The van der Waals surface area contributed by atoms with Gasteiger partial charge in [0.05, 0.1) is 11.6 Å². The maximum atomic E-state index is 12.5. The molecule has 8 heteroatoms. The Balaban J connectivity index is 1.26. The number of amides is 1. The summed E-state index contributed by atoms with van der Waals surface area (Å²) in [7, 11) is 1.84. The van der Waals surface area contributed by atoms with Crippen molar-refractivity contribution in [1.29, 1.82) is 0 Å². The molecule has 0 aliphatic heterocycles. The van der Waals surface area contributed by atoms with Crippen LogP contribution in [-0.4, -0.2) is 35.4 Å². The summed E-state index contributed by atoms with van der Waals surface area (Å²) in [6, 6.07) is 1.80. The maximum absolute atomic E-state index is 12.5. The van der Waals surface area contributed by atoms with Gasteiger partial charge >= 0.3 is 0 Å². The summed E-state index contributed by atoms with van der Waals surface area (Å²) in [6.45, 7) is 0. The minimum atomic E-state index is 0.0868. The molecule has 0 spiro atoms. The molecule has 27 heavy (non-hydrogen) atoms. The molecule has 0 bridgehead atoms. The molecule has 5 rings (SSSR count). The fourth-order valence-corrected chi connectivity index (χ4v) is 4.56. The second kappa shape index (κ2) is 6.44. The first-order chi connectivity index (χ1) is 13.2. The molecule has 2 saturated carbocycles. The lowest BCUT2D eigenvalue weighted by atomic mass is 9.67. The maximum Gasteiger partial charge on any atom is 0.228 e. The van der Waals surface area contributed by atoms with E-state index in [2.05, 4.69) is 25.5 Å². The van der Waals surface area contributed by atoms with Crippen molar-refractivity contribution in [2.24, 2.45) is 24.8 Å². The van der Waals surface area contributed by atoms with Crippen molar-refractivity contribution >= 4 is 22.8 Å². The van der Waals surface area contributed by atoms with E-state index in [1.54, 1.807) is 27.8 Å². The first-order valence-electron chi connectivity index (χ1n) is 9.68.